The molecule has 1 aromatic carbocycles. The minimum atomic E-state index is -0.642. The largest absolute Gasteiger partial charge is 0.441 e. The van der Waals surface area contributed by atoms with Gasteiger partial charge in [-0.1, -0.05) is 23.7 Å². The number of hydrazone groups is 1. The number of hydrogen-bond donors (Lipinski definition) is 2. The highest BCUT2D eigenvalue weighted by atomic mass is 35.5. The van der Waals surface area contributed by atoms with Crippen LogP contribution in [0.15, 0.2) is 63.1 Å². The van der Waals surface area contributed by atoms with Gasteiger partial charge in [-0.3, -0.25) is 4.79 Å². The lowest BCUT2D eigenvalue weighted by Gasteiger charge is -2.28. The highest BCUT2D eigenvalue weighted by Gasteiger charge is 2.70. The molecule has 8 heteroatoms. The number of ether oxygens (including phenoxy) is 1. The molecule has 0 spiro atoms. The Hall–Kier alpha value is -2.90. The number of allylic oxidation sites excluding steroid dienone is 1. The number of fused-ring (bicyclic) bond motifs is 2. The average molecular weight is 439 g/mol. The van der Waals surface area contributed by atoms with Crippen LogP contribution in [0, 0.1) is 0 Å². The summed E-state index contributed by atoms with van der Waals surface area (Å²) in [5.41, 5.74) is 7.07. The van der Waals surface area contributed by atoms with Crippen molar-refractivity contribution in [3.8, 4) is 0 Å². The van der Waals surface area contributed by atoms with Crippen molar-refractivity contribution in [3.05, 3.63) is 75.6 Å². The van der Waals surface area contributed by atoms with Gasteiger partial charge in [0.2, 0.25) is 5.91 Å². The van der Waals surface area contributed by atoms with Crippen molar-refractivity contribution in [2.45, 2.75) is 51.4 Å². The topological polar surface area (TPSA) is 92.0 Å². The van der Waals surface area contributed by atoms with Gasteiger partial charge in [0.15, 0.2) is 12.2 Å². The predicted molar refractivity (Wildman–Crippen MR) is 116 cm³/mol. The van der Waals surface area contributed by atoms with E-state index in [2.05, 4.69) is 27.8 Å². The molecule has 2 atom stereocenters. The van der Waals surface area contributed by atoms with E-state index in [1.54, 1.807) is 0 Å². The van der Waals surface area contributed by atoms with Crippen LogP contribution in [-0.4, -0.2) is 27.8 Å². The molecule has 0 radical (unpaired) electrons. The molecular formula is C23H23ClN4O3. The highest BCUT2D eigenvalue weighted by Crippen LogP contribution is 2.61. The predicted octanol–water partition coefficient (Wildman–Crippen LogP) is 3.65. The van der Waals surface area contributed by atoms with Gasteiger partial charge in [-0.05, 0) is 56.0 Å². The Kier molecular flexibility index (Phi) is 4.57. The highest BCUT2D eigenvalue weighted by molar-refractivity contribution is 6.30. The van der Waals surface area contributed by atoms with E-state index in [0.717, 1.165) is 34.7 Å². The molecule has 1 saturated heterocycles. The lowest BCUT2D eigenvalue weighted by Crippen LogP contribution is -2.38. The molecule has 0 bridgehead atoms. The molecule has 0 saturated carbocycles. The smallest absolute Gasteiger partial charge is 0.221 e. The standard InChI is InChI=1S/C23H23ClN4O3/c1-13(29)27-17-10-15(7-4-14-5-8-16(24)9-6-14)22(2)23(3,31-22)19(17)20-21-18(11-26-28-20)25-12-30-21/h5-6,8-10,12,26H,4,7,11H2,1-3H3,(H,27,29). The third-order valence-corrected chi connectivity index (χ3v) is 6.64. The third-order valence-electron chi connectivity index (χ3n) is 6.39. The van der Waals surface area contributed by atoms with Gasteiger partial charge in [-0.2, -0.15) is 5.10 Å². The zero-order valence-corrected chi connectivity index (χ0v) is 18.3. The van der Waals surface area contributed by atoms with Crippen molar-refractivity contribution < 1.29 is 13.9 Å². The van der Waals surface area contributed by atoms with Crippen LogP contribution in [0.25, 0.3) is 0 Å². The number of benzene rings is 1. The second kappa shape index (κ2) is 7.07. The van der Waals surface area contributed by atoms with E-state index in [1.807, 2.05) is 37.3 Å². The van der Waals surface area contributed by atoms with Gasteiger partial charge in [-0.25, -0.2) is 4.98 Å². The first-order valence-electron chi connectivity index (χ1n) is 10.2. The molecule has 2 N–H and O–H groups in total. The van der Waals surface area contributed by atoms with Crippen molar-refractivity contribution in [2.24, 2.45) is 5.10 Å². The van der Waals surface area contributed by atoms with Gasteiger partial charge < -0.3 is 19.9 Å². The van der Waals surface area contributed by atoms with Crippen LogP contribution in [0.3, 0.4) is 0 Å². The Morgan fingerprint density at radius 2 is 2.00 bits per heavy atom. The Bertz CT molecular complexity index is 1160. The first kappa shape index (κ1) is 20.0. The Morgan fingerprint density at radius 1 is 1.23 bits per heavy atom. The molecule has 2 unspecified atom stereocenters. The second-order valence-corrected chi connectivity index (χ2v) is 8.79. The number of amides is 1. The Balaban J connectivity index is 1.55. The number of epoxide rings is 1. The van der Waals surface area contributed by atoms with E-state index in [-0.39, 0.29) is 5.91 Å². The summed E-state index contributed by atoms with van der Waals surface area (Å²) in [4.78, 5) is 16.3. The molecular weight excluding hydrogens is 416 g/mol. The minimum absolute atomic E-state index is 0.157. The molecule has 1 fully saturated rings. The third kappa shape index (κ3) is 3.20. The maximum atomic E-state index is 12.0. The molecule has 1 aliphatic carbocycles. The lowest BCUT2D eigenvalue weighted by molar-refractivity contribution is -0.118. The molecule has 160 valence electrons. The Labute approximate surface area is 185 Å². The zero-order chi connectivity index (χ0) is 21.8. The summed E-state index contributed by atoms with van der Waals surface area (Å²) >= 11 is 6.01. The number of rotatable bonds is 5. The molecule has 3 heterocycles. The van der Waals surface area contributed by atoms with Gasteiger partial charge in [-0.15, -0.1) is 0 Å². The molecule has 2 aromatic rings. The number of halogens is 1. The maximum Gasteiger partial charge on any atom is 0.221 e. The van der Waals surface area contributed by atoms with Crippen LogP contribution in [0.1, 0.15) is 44.2 Å². The fourth-order valence-corrected chi connectivity index (χ4v) is 4.70. The first-order chi connectivity index (χ1) is 14.8. The van der Waals surface area contributed by atoms with Gasteiger partial charge in [0, 0.05) is 23.2 Å². The normalized spacial score (nSPS) is 26.3. The summed E-state index contributed by atoms with van der Waals surface area (Å²) < 4.78 is 12.0. The number of carbonyl (C=O) groups excluding carboxylic acids is 1. The first-order valence-corrected chi connectivity index (χ1v) is 10.6. The van der Waals surface area contributed by atoms with Crippen molar-refractivity contribution in [1.82, 2.24) is 15.7 Å². The van der Waals surface area contributed by atoms with E-state index < -0.39 is 11.2 Å². The zero-order valence-electron chi connectivity index (χ0n) is 17.6. The monoisotopic (exact) mass is 438 g/mol. The summed E-state index contributed by atoms with van der Waals surface area (Å²) in [5.74, 6) is 0.449. The van der Waals surface area contributed by atoms with Crippen LogP contribution < -0.4 is 10.7 Å². The summed E-state index contributed by atoms with van der Waals surface area (Å²) in [6.45, 7) is 6.11. The molecule has 5 rings (SSSR count). The summed E-state index contributed by atoms with van der Waals surface area (Å²) in [6.07, 6.45) is 5.07. The van der Waals surface area contributed by atoms with Crippen molar-refractivity contribution in [3.63, 3.8) is 0 Å². The molecule has 1 amide bonds. The van der Waals surface area contributed by atoms with Gasteiger partial charge >= 0.3 is 0 Å². The van der Waals surface area contributed by atoms with E-state index in [0.29, 0.717) is 23.7 Å². The van der Waals surface area contributed by atoms with Crippen molar-refractivity contribution >= 4 is 23.2 Å². The van der Waals surface area contributed by atoms with Gasteiger partial charge in [0.1, 0.15) is 22.6 Å². The lowest BCUT2D eigenvalue weighted by atomic mass is 9.74. The van der Waals surface area contributed by atoms with Gasteiger partial charge in [0.05, 0.1) is 6.54 Å². The van der Waals surface area contributed by atoms with Crippen molar-refractivity contribution in [2.75, 3.05) is 0 Å². The average Bonchev–Trinajstić information content (AvgIpc) is 3.08. The van der Waals surface area contributed by atoms with Gasteiger partial charge in [0.25, 0.3) is 0 Å². The number of aromatic nitrogens is 1. The van der Waals surface area contributed by atoms with E-state index in [1.165, 1.54) is 18.9 Å². The number of nitrogens with zero attached hydrogens (tertiary/aromatic N) is 2. The second-order valence-electron chi connectivity index (χ2n) is 8.36. The van der Waals surface area contributed by atoms with E-state index in [4.69, 9.17) is 20.8 Å². The van der Waals surface area contributed by atoms with Crippen LogP contribution >= 0.6 is 11.6 Å². The quantitative estimate of drug-likeness (QED) is 0.695. The summed E-state index contributed by atoms with van der Waals surface area (Å²) in [5, 5.41) is 8.21. The van der Waals surface area contributed by atoms with E-state index in [9.17, 15) is 4.79 Å². The van der Waals surface area contributed by atoms with Crippen LogP contribution in [0.5, 0.6) is 0 Å². The van der Waals surface area contributed by atoms with E-state index >= 15 is 0 Å². The van der Waals surface area contributed by atoms with Crippen molar-refractivity contribution in [1.29, 1.82) is 0 Å². The molecule has 31 heavy (non-hydrogen) atoms. The van der Waals surface area contributed by atoms with Crippen LogP contribution in [-0.2, 0) is 22.5 Å². The number of oxazole rings is 1. The molecule has 2 aliphatic heterocycles. The van der Waals surface area contributed by atoms with Crippen LogP contribution in [0.2, 0.25) is 5.02 Å². The van der Waals surface area contributed by atoms with Crippen LogP contribution in [0.4, 0.5) is 0 Å². The molecule has 1 aromatic heterocycles. The number of aryl methyl sites for hydroxylation is 1. The molecule has 3 aliphatic rings. The number of hydrogen-bond acceptors (Lipinski definition) is 6. The SMILES string of the molecule is CC(=O)NC1=C(C2=NNCc3ncoc32)C2(C)OC2(C)C(CCc2ccc(Cl)cc2)=C1. The number of carbonyl (C=O) groups is 1. The fourth-order valence-electron chi connectivity index (χ4n) is 4.57. The molecule has 7 nitrogen and oxygen atoms in total. The number of nitrogens with one attached hydrogen (secondary N) is 2. The Morgan fingerprint density at radius 3 is 2.74 bits per heavy atom. The maximum absolute atomic E-state index is 12.0. The fraction of sp³-hybridized carbons (Fsp3) is 0.348. The summed E-state index contributed by atoms with van der Waals surface area (Å²) in [7, 11) is 0. The minimum Gasteiger partial charge on any atom is -0.441 e. The summed E-state index contributed by atoms with van der Waals surface area (Å²) in [6, 6.07) is 7.86.